The molecule has 0 aliphatic heterocycles. The maximum Gasteiger partial charge on any atom is 0.0893 e. The van der Waals surface area contributed by atoms with E-state index in [9.17, 15) is 0 Å². The minimum Gasteiger partial charge on any atom is -0.261 e. The minimum absolute atomic E-state index is 0.168. The maximum atomic E-state index is 5.16. The Morgan fingerprint density at radius 1 is 0.606 bits per heavy atom. The van der Waals surface area contributed by atoms with Crippen LogP contribution in [0.3, 0.4) is 0 Å². The first kappa shape index (κ1) is 19.6. The molecule has 0 saturated carbocycles. The quantitative estimate of drug-likeness (QED) is 0.323. The molecule has 0 N–H and O–H groups in total. The lowest BCUT2D eigenvalue weighted by atomic mass is 9.54. The van der Waals surface area contributed by atoms with Crippen molar-refractivity contribution in [3.8, 4) is 22.6 Å². The van der Waals surface area contributed by atoms with E-state index in [1.54, 1.807) is 0 Å². The van der Waals surface area contributed by atoms with Crippen LogP contribution in [0.5, 0.6) is 0 Å². The zero-order valence-electron chi connectivity index (χ0n) is 18.4. The molecule has 5 aromatic rings. The van der Waals surface area contributed by atoms with Crippen molar-refractivity contribution in [2.75, 3.05) is 0 Å². The first-order chi connectivity index (χ1) is 16.2. The van der Waals surface area contributed by atoms with Gasteiger partial charge < -0.3 is 0 Å². The molecule has 0 amide bonds. The highest BCUT2D eigenvalue weighted by atomic mass is 14.8. The van der Waals surface area contributed by atoms with Crippen LogP contribution in [0.4, 0.5) is 0 Å². The molecule has 1 unspecified atom stereocenters. The predicted octanol–water partition coefficient (Wildman–Crippen LogP) is 6.66. The summed E-state index contributed by atoms with van der Waals surface area (Å²) in [5.41, 5.74) is 8.33. The molecular weight excluding hydrogens is 402 g/mol. The SMILES string of the molecule is C[C@@]1(c2cccc(-c3cccc(-c4ccccc4)n3)n2)c2ccccc2C1c1ccccn1. The average Bonchev–Trinajstić information content (AvgIpc) is 2.89. The van der Waals surface area contributed by atoms with Gasteiger partial charge in [-0.15, -0.1) is 0 Å². The Hall–Kier alpha value is -4.11. The molecule has 3 heterocycles. The molecule has 0 radical (unpaired) electrons. The topological polar surface area (TPSA) is 38.7 Å². The molecule has 33 heavy (non-hydrogen) atoms. The lowest BCUT2D eigenvalue weighted by molar-refractivity contribution is 0.410. The molecule has 2 atom stereocenters. The van der Waals surface area contributed by atoms with E-state index in [0.29, 0.717) is 0 Å². The summed E-state index contributed by atoms with van der Waals surface area (Å²) in [6.45, 7) is 2.29. The van der Waals surface area contributed by atoms with Gasteiger partial charge in [-0.25, -0.2) is 4.98 Å². The minimum atomic E-state index is -0.252. The number of hydrogen-bond donors (Lipinski definition) is 0. The van der Waals surface area contributed by atoms with E-state index in [1.165, 1.54) is 11.1 Å². The molecule has 0 spiro atoms. The van der Waals surface area contributed by atoms with Gasteiger partial charge in [0.05, 0.1) is 22.8 Å². The maximum absolute atomic E-state index is 5.16. The van der Waals surface area contributed by atoms with Crippen molar-refractivity contribution in [1.29, 1.82) is 0 Å². The second-order valence-electron chi connectivity index (χ2n) is 8.66. The van der Waals surface area contributed by atoms with Gasteiger partial charge in [-0.1, -0.05) is 72.8 Å². The first-order valence-corrected chi connectivity index (χ1v) is 11.3. The van der Waals surface area contributed by atoms with Gasteiger partial charge in [0, 0.05) is 28.8 Å². The zero-order chi connectivity index (χ0) is 22.3. The molecule has 1 aliphatic rings. The smallest absolute Gasteiger partial charge is 0.0893 e. The van der Waals surface area contributed by atoms with Gasteiger partial charge in [-0.2, -0.15) is 0 Å². The van der Waals surface area contributed by atoms with Crippen molar-refractivity contribution in [1.82, 2.24) is 15.0 Å². The second-order valence-corrected chi connectivity index (χ2v) is 8.66. The molecule has 6 rings (SSSR count). The van der Waals surface area contributed by atoms with Crippen LogP contribution in [-0.2, 0) is 5.41 Å². The van der Waals surface area contributed by atoms with Crippen molar-refractivity contribution in [3.05, 3.63) is 138 Å². The van der Waals surface area contributed by atoms with Crippen molar-refractivity contribution in [3.63, 3.8) is 0 Å². The highest BCUT2D eigenvalue weighted by Crippen LogP contribution is 2.57. The van der Waals surface area contributed by atoms with E-state index in [1.807, 2.05) is 48.7 Å². The van der Waals surface area contributed by atoms with Gasteiger partial charge in [0.1, 0.15) is 0 Å². The molecule has 0 bridgehead atoms. The van der Waals surface area contributed by atoms with Crippen LogP contribution in [0, 0.1) is 0 Å². The molecule has 1 aliphatic carbocycles. The summed E-state index contributed by atoms with van der Waals surface area (Å²) in [5.74, 6) is 0.168. The van der Waals surface area contributed by atoms with Gasteiger partial charge in [0.2, 0.25) is 0 Å². The second kappa shape index (κ2) is 7.79. The standard InChI is InChI=1S/C30H23N3/c1-30(23-14-6-5-13-22(23)29(30)27-15-7-8-20-31-27)28-19-10-18-26(33-28)25-17-9-16-24(32-25)21-11-3-2-4-12-21/h2-20,29H,1H3/t29?,30-/m0/s1. The van der Waals surface area contributed by atoms with Crippen molar-refractivity contribution in [2.45, 2.75) is 18.3 Å². The molecule has 2 aromatic carbocycles. The van der Waals surface area contributed by atoms with Gasteiger partial charge in [-0.3, -0.25) is 9.97 Å². The summed E-state index contributed by atoms with van der Waals surface area (Å²) in [6, 6.07) is 37.5. The van der Waals surface area contributed by atoms with Crippen molar-refractivity contribution >= 4 is 0 Å². The van der Waals surface area contributed by atoms with E-state index >= 15 is 0 Å². The highest BCUT2D eigenvalue weighted by Gasteiger charge is 2.51. The van der Waals surface area contributed by atoms with Crippen LogP contribution in [0.1, 0.15) is 35.4 Å². The molecular formula is C30H23N3. The van der Waals surface area contributed by atoms with Crippen LogP contribution in [0.25, 0.3) is 22.6 Å². The van der Waals surface area contributed by atoms with Crippen molar-refractivity contribution in [2.24, 2.45) is 0 Å². The summed E-state index contributed by atoms with van der Waals surface area (Å²) in [7, 11) is 0. The van der Waals surface area contributed by atoms with Crippen LogP contribution >= 0.6 is 0 Å². The number of fused-ring (bicyclic) bond motifs is 1. The third-order valence-electron chi connectivity index (χ3n) is 6.75. The average molecular weight is 426 g/mol. The number of nitrogens with zero attached hydrogens (tertiary/aromatic N) is 3. The summed E-state index contributed by atoms with van der Waals surface area (Å²) in [5, 5.41) is 0. The third-order valence-corrected chi connectivity index (χ3v) is 6.75. The summed E-state index contributed by atoms with van der Waals surface area (Å²) >= 11 is 0. The molecule has 3 nitrogen and oxygen atoms in total. The highest BCUT2D eigenvalue weighted by molar-refractivity contribution is 5.65. The van der Waals surface area contributed by atoms with Crippen LogP contribution in [-0.4, -0.2) is 15.0 Å². The van der Waals surface area contributed by atoms with Gasteiger partial charge >= 0.3 is 0 Å². The fraction of sp³-hybridized carbons (Fsp3) is 0.100. The van der Waals surface area contributed by atoms with Gasteiger partial charge in [-0.05, 0) is 54.4 Å². The van der Waals surface area contributed by atoms with E-state index in [4.69, 9.17) is 15.0 Å². The Morgan fingerprint density at radius 3 is 2.12 bits per heavy atom. The fourth-order valence-electron chi connectivity index (χ4n) is 5.11. The number of pyridine rings is 3. The summed E-state index contributed by atoms with van der Waals surface area (Å²) < 4.78 is 0. The first-order valence-electron chi connectivity index (χ1n) is 11.3. The van der Waals surface area contributed by atoms with Crippen LogP contribution in [0.15, 0.2) is 115 Å². The lowest BCUT2D eigenvalue weighted by Gasteiger charge is -2.48. The van der Waals surface area contributed by atoms with Gasteiger partial charge in [0.15, 0.2) is 0 Å². The Labute approximate surface area is 193 Å². The molecule has 3 aromatic heterocycles. The van der Waals surface area contributed by atoms with E-state index in [0.717, 1.165) is 34.0 Å². The summed E-state index contributed by atoms with van der Waals surface area (Å²) in [4.78, 5) is 14.8. The van der Waals surface area contributed by atoms with E-state index in [-0.39, 0.29) is 11.3 Å². The molecule has 158 valence electrons. The Bertz CT molecular complexity index is 1430. The molecule has 0 fully saturated rings. The normalized spacial score (nSPS) is 18.9. The number of rotatable bonds is 4. The Balaban J connectivity index is 1.45. The molecule has 0 saturated heterocycles. The number of aromatic nitrogens is 3. The fourth-order valence-corrected chi connectivity index (χ4v) is 5.11. The van der Waals surface area contributed by atoms with E-state index in [2.05, 4.69) is 73.7 Å². The summed E-state index contributed by atoms with van der Waals surface area (Å²) in [6.07, 6.45) is 1.87. The van der Waals surface area contributed by atoms with Crippen LogP contribution < -0.4 is 0 Å². The zero-order valence-corrected chi connectivity index (χ0v) is 18.4. The molecule has 3 heteroatoms. The Morgan fingerprint density at radius 2 is 1.30 bits per heavy atom. The number of hydrogen-bond acceptors (Lipinski definition) is 3. The van der Waals surface area contributed by atoms with Crippen molar-refractivity contribution < 1.29 is 0 Å². The third kappa shape index (κ3) is 3.16. The number of benzene rings is 2. The van der Waals surface area contributed by atoms with Gasteiger partial charge in [0.25, 0.3) is 0 Å². The predicted molar refractivity (Wildman–Crippen MR) is 132 cm³/mol. The lowest BCUT2D eigenvalue weighted by Crippen LogP contribution is -2.43. The largest absolute Gasteiger partial charge is 0.261 e. The Kier molecular flexibility index (Phi) is 4.62. The van der Waals surface area contributed by atoms with E-state index < -0.39 is 0 Å². The monoisotopic (exact) mass is 425 g/mol. The van der Waals surface area contributed by atoms with Crippen LogP contribution in [0.2, 0.25) is 0 Å².